The molecule has 0 unspecified atom stereocenters. The summed E-state index contributed by atoms with van der Waals surface area (Å²) in [5, 5.41) is 21.7. The molecule has 1 aromatic heterocycles. The average molecular weight is 455 g/mol. The highest BCUT2D eigenvalue weighted by Gasteiger charge is 2.20. The zero-order valence-electron chi connectivity index (χ0n) is 15.8. The summed E-state index contributed by atoms with van der Waals surface area (Å²) in [6.07, 6.45) is 0. The van der Waals surface area contributed by atoms with Gasteiger partial charge in [-0.1, -0.05) is 48.0 Å². The standard InChI is InChI=1S/C21H15ClN4O4S/c22-16-10-8-14(9-11-16)20-13-18(15-4-3-5-17(12-15)26(27)28)24-25(20)19-6-1-2-7-21(19)31(23,29)30/h1-13H,(H2,23,29,30). The Morgan fingerprint density at radius 2 is 1.65 bits per heavy atom. The van der Waals surface area contributed by atoms with Gasteiger partial charge >= 0.3 is 0 Å². The minimum atomic E-state index is -4.03. The summed E-state index contributed by atoms with van der Waals surface area (Å²) in [5.74, 6) is 0. The summed E-state index contributed by atoms with van der Waals surface area (Å²) in [4.78, 5) is 10.6. The lowest BCUT2D eigenvalue weighted by Gasteiger charge is -2.11. The van der Waals surface area contributed by atoms with Crippen molar-refractivity contribution in [3.05, 3.63) is 94.0 Å². The van der Waals surface area contributed by atoms with Gasteiger partial charge in [-0.05, 0) is 30.3 Å². The Balaban J connectivity index is 1.98. The van der Waals surface area contributed by atoms with Crippen molar-refractivity contribution in [3.8, 4) is 28.2 Å². The number of rotatable bonds is 5. The van der Waals surface area contributed by atoms with Crippen molar-refractivity contribution in [3.63, 3.8) is 0 Å². The third-order valence-electron chi connectivity index (χ3n) is 4.60. The monoisotopic (exact) mass is 454 g/mol. The molecule has 10 heteroatoms. The molecular weight excluding hydrogens is 440 g/mol. The Bertz CT molecular complexity index is 1400. The molecule has 0 bridgehead atoms. The lowest BCUT2D eigenvalue weighted by Crippen LogP contribution is -2.16. The highest BCUT2D eigenvalue weighted by atomic mass is 35.5. The lowest BCUT2D eigenvalue weighted by molar-refractivity contribution is -0.384. The highest BCUT2D eigenvalue weighted by Crippen LogP contribution is 2.32. The van der Waals surface area contributed by atoms with Gasteiger partial charge in [-0.15, -0.1) is 0 Å². The van der Waals surface area contributed by atoms with Crippen LogP contribution in [-0.4, -0.2) is 23.1 Å². The van der Waals surface area contributed by atoms with E-state index in [0.717, 1.165) is 5.56 Å². The van der Waals surface area contributed by atoms with Crippen molar-refractivity contribution in [1.82, 2.24) is 9.78 Å². The number of para-hydroxylation sites is 1. The molecule has 0 saturated carbocycles. The number of nitrogens with zero attached hydrogens (tertiary/aromatic N) is 3. The summed E-state index contributed by atoms with van der Waals surface area (Å²) < 4.78 is 25.8. The van der Waals surface area contributed by atoms with Crippen molar-refractivity contribution in [1.29, 1.82) is 0 Å². The van der Waals surface area contributed by atoms with Gasteiger partial charge in [-0.3, -0.25) is 10.1 Å². The first-order valence-electron chi connectivity index (χ1n) is 8.97. The number of nitrogens with two attached hydrogens (primary N) is 1. The smallest absolute Gasteiger partial charge is 0.258 e. The van der Waals surface area contributed by atoms with E-state index in [0.29, 0.717) is 22.0 Å². The van der Waals surface area contributed by atoms with Crippen molar-refractivity contribution in [2.24, 2.45) is 5.14 Å². The second kappa shape index (κ2) is 7.95. The van der Waals surface area contributed by atoms with Gasteiger partial charge in [0.25, 0.3) is 5.69 Å². The molecule has 31 heavy (non-hydrogen) atoms. The molecule has 0 saturated heterocycles. The van der Waals surface area contributed by atoms with Crippen LogP contribution in [0.3, 0.4) is 0 Å². The fourth-order valence-corrected chi connectivity index (χ4v) is 4.02. The first-order valence-corrected chi connectivity index (χ1v) is 10.9. The fraction of sp³-hybridized carbons (Fsp3) is 0. The molecule has 4 aromatic rings. The van der Waals surface area contributed by atoms with Crippen LogP contribution in [0.25, 0.3) is 28.2 Å². The van der Waals surface area contributed by atoms with Crippen LogP contribution in [0.2, 0.25) is 5.02 Å². The van der Waals surface area contributed by atoms with Gasteiger partial charge in [-0.25, -0.2) is 18.2 Å². The highest BCUT2D eigenvalue weighted by molar-refractivity contribution is 7.89. The average Bonchev–Trinajstić information content (AvgIpc) is 3.19. The van der Waals surface area contributed by atoms with E-state index in [1.807, 2.05) is 0 Å². The van der Waals surface area contributed by atoms with E-state index < -0.39 is 14.9 Å². The van der Waals surface area contributed by atoms with Crippen LogP contribution in [-0.2, 0) is 10.0 Å². The van der Waals surface area contributed by atoms with Crippen molar-refractivity contribution >= 4 is 27.3 Å². The number of hydrogen-bond acceptors (Lipinski definition) is 5. The molecular formula is C21H15ClN4O4S. The molecule has 8 nitrogen and oxygen atoms in total. The summed E-state index contributed by atoms with van der Waals surface area (Å²) in [6, 6.07) is 20.9. The number of benzene rings is 3. The zero-order chi connectivity index (χ0) is 22.2. The van der Waals surface area contributed by atoms with Gasteiger partial charge in [0.2, 0.25) is 10.0 Å². The minimum Gasteiger partial charge on any atom is -0.258 e. The van der Waals surface area contributed by atoms with Crippen molar-refractivity contribution in [2.75, 3.05) is 0 Å². The maximum absolute atomic E-state index is 12.2. The number of non-ortho nitro benzene ring substituents is 1. The van der Waals surface area contributed by atoms with Gasteiger partial charge in [0.05, 0.1) is 22.0 Å². The Kier molecular flexibility index (Phi) is 5.32. The van der Waals surface area contributed by atoms with Crippen LogP contribution < -0.4 is 5.14 Å². The molecule has 156 valence electrons. The van der Waals surface area contributed by atoms with Crippen molar-refractivity contribution < 1.29 is 13.3 Å². The van der Waals surface area contributed by atoms with E-state index in [4.69, 9.17) is 16.7 Å². The maximum Gasteiger partial charge on any atom is 0.270 e. The maximum atomic E-state index is 12.2. The van der Waals surface area contributed by atoms with E-state index in [2.05, 4.69) is 5.10 Å². The number of primary sulfonamides is 1. The number of nitro benzene ring substituents is 1. The lowest BCUT2D eigenvalue weighted by atomic mass is 10.1. The molecule has 0 fully saturated rings. The van der Waals surface area contributed by atoms with Crippen molar-refractivity contribution in [2.45, 2.75) is 4.90 Å². The molecule has 0 atom stereocenters. The molecule has 0 aliphatic rings. The number of sulfonamides is 1. The summed E-state index contributed by atoms with van der Waals surface area (Å²) in [5.41, 5.74) is 2.40. The molecule has 2 N–H and O–H groups in total. The molecule has 0 aliphatic heterocycles. The predicted octanol–water partition coefficient (Wildman–Crippen LogP) is 4.42. The largest absolute Gasteiger partial charge is 0.270 e. The summed E-state index contributed by atoms with van der Waals surface area (Å²) >= 11 is 6.01. The molecule has 0 amide bonds. The topological polar surface area (TPSA) is 121 Å². The predicted molar refractivity (Wildman–Crippen MR) is 117 cm³/mol. The Labute approximate surface area is 182 Å². The quantitative estimate of drug-likeness (QED) is 0.353. The minimum absolute atomic E-state index is 0.0787. The summed E-state index contributed by atoms with van der Waals surface area (Å²) in [7, 11) is -4.03. The fourth-order valence-electron chi connectivity index (χ4n) is 3.18. The van der Waals surface area contributed by atoms with E-state index in [-0.39, 0.29) is 16.3 Å². The van der Waals surface area contributed by atoms with Gasteiger partial charge in [-0.2, -0.15) is 5.10 Å². The van der Waals surface area contributed by atoms with Gasteiger partial charge < -0.3 is 0 Å². The van der Waals surface area contributed by atoms with Gasteiger partial charge in [0.15, 0.2) is 0 Å². The second-order valence-electron chi connectivity index (χ2n) is 6.65. The first kappa shape index (κ1) is 20.7. The van der Waals surface area contributed by atoms with Crippen LogP contribution in [0, 0.1) is 10.1 Å². The Hall–Kier alpha value is -3.53. The molecule has 0 aliphatic carbocycles. The van der Waals surface area contributed by atoms with E-state index in [1.165, 1.54) is 22.9 Å². The van der Waals surface area contributed by atoms with Crippen LogP contribution in [0.5, 0.6) is 0 Å². The molecule has 0 spiro atoms. The van der Waals surface area contributed by atoms with E-state index in [1.54, 1.807) is 60.7 Å². The third kappa shape index (κ3) is 4.19. The number of hydrogen-bond donors (Lipinski definition) is 1. The number of nitro groups is 1. The third-order valence-corrected chi connectivity index (χ3v) is 5.81. The Morgan fingerprint density at radius 1 is 0.935 bits per heavy atom. The van der Waals surface area contributed by atoms with Crippen LogP contribution in [0.4, 0.5) is 5.69 Å². The second-order valence-corrected chi connectivity index (χ2v) is 8.62. The van der Waals surface area contributed by atoms with Gasteiger partial charge in [0.1, 0.15) is 4.90 Å². The Morgan fingerprint density at radius 3 is 2.32 bits per heavy atom. The first-order chi connectivity index (χ1) is 14.7. The number of aromatic nitrogens is 2. The summed E-state index contributed by atoms with van der Waals surface area (Å²) in [6.45, 7) is 0. The molecule has 3 aromatic carbocycles. The van der Waals surface area contributed by atoms with E-state index in [9.17, 15) is 18.5 Å². The van der Waals surface area contributed by atoms with Gasteiger partial charge in [0, 0.05) is 28.3 Å². The zero-order valence-corrected chi connectivity index (χ0v) is 17.4. The van der Waals surface area contributed by atoms with Crippen LogP contribution in [0.15, 0.2) is 83.8 Å². The van der Waals surface area contributed by atoms with Crippen LogP contribution in [0.1, 0.15) is 0 Å². The molecule has 1 heterocycles. The normalized spacial score (nSPS) is 11.4. The molecule has 4 rings (SSSR count). The van der Waals surface area contributed by atoms with E-state index >= 15 is 0 Å². The van der Waals surface area contributed by atoms with Crippen LogP contribution >= 0.6 is 11.6 Å². The SMILES string of the molecule is NS(=O)(=O)c1ccccc1-n1nc(-c2cccc([N+](=O)[O-])c2)cc1-c1ccc(Cl)cc1. The molecule has 0 radical (unpaired) electrons. The number of halogens is 1.